The van der Waals surface area contributed by atoms with E-state index in [9.17, 15) is 4.79 Å². The van der Waals surface area contributed by atoms with Gasteiger partial charge in [0.1, 0.15) is 0 Å². The first kappa shape index (κ1) is 13.2. The number of aromatic nitrogens is 2. The fraction of sp³-hybridized carbons (Fsp3) is 0.0714. The van der Waals surface area contributed by atoms with Gasteiger partial charge in [0, 0.05) is 5.39 Å². The van der Waals surface area contributed by atoms with Gasteiger partial charge in [0.15, 0.2) is 0 Å². The van der Waals surface area contributed by atoms with Crippen LogP contribution in [0.15, 0.2) is 42.6 Å². The Morgan fingerprint density at radius 3 is 2.68 bits per heavy atom. The zero-order valence-electron chi connectivity index (χ0n) is 10.2. The van der Waals surface area contributed by atoms with E-state index in [0.29, 0.717) is 5.56 Å². The molecule has 0 amide bonds. The highest BCUT2D eigenvalue weighted by Gasteiger charge is 2.06. The first-order chi connectivity index (χ1) is 8.78. The molecular formula is C14H11ClN2O2. The summed E-state index contributed by atoms with van der Waals surface area (Å²) < 4.78 is 4.71. The summed E-state index contributed by atoms with van der Waals surface area (Å²) in [4.78, 5) is 11.5. The Morgan fingerprint density at radius 1 is 1.05 bits per heavy atom. The van der Waals surface area contributed by atoms with E-state index in [1.165, 1.54) is 7.11 Å². The van der Waals surface area contributed by atoms with Crippen LogP contribution in [-0.4, -0.2) is 23.3 Å². The fourth-order valence-corrected chi connectivity index (χ4v) is 1.98. The number of rotatable bonds is 1. The number of hydrogen-bond acceptors (Lipinski definition) is 4. The van der Waals surface area contributed by atoms with Gasteiger partial charge in [-0.15, -0.1) is 12.4 Å². The Hall–Kier alpha value is -2.20. The highest BCUT2D eigenvalue weighted by molar-refractivity contribution is 6.00. The minimum atomic E-state index is -0.337. The van der Waals surface area contributed by atoms with Gasteiger partial charge in [0.05, 0.1) is 24.4 Å². The number of halogens is 1. The van der Waals surface area contributed by atoms with Crippen molar-refractivity contribution in [2.45, 2.75) is 0 Å². The second-order valence-corrected chi connectivity index (χ2v) is 4.00. The van der Waals surface area contributed by atoms with Crippen LogP contribution in [0.25, 0.3) is 21.7 Å². The lowest BCUT2D eigenvalue weighted by Crippen LogP contribution is -2.00. The monoisotopic (exact) mass is 274 g/mol. The van der Waals surface area contributed by atoms with Crippen molar-refractivity contribution in [1.29, 1.82) is 0 Å². The largest absolute Gasteiger partial charge is 0.465 e. The van der Waals surface area contributed by atoms with Gasteiger partial charge in [-0.05, 0) is 41.1 Å². The lowest BCUT2D eigenvalue weighted by Gasteiger charge is -2.03. The molecule has 0 unspecified atom stereocenters. The zero-order valence-corrected chi connectivity index (χ0v) is 11.0. The average Bonchev–Trinajstić information content (AvgIpc) is 2.43. The van der Waals surface area contributed by atoms with Crippen molar-refractivity contribution >= 4 is 40.1 Å². The van der Waals surface area contributed by atoms with Crippen molar-refractivity contribution in [3.63, 3.8) is 0 Å². The molecule has 0 aliphatic heterocycles. The molecule has 3 aromatic rings. The Balaban J connectivity index is 0.00000133. The number of nitrogens with zero attached hydrogens (tertiary/aromatic N) is 2. The predicted molar refractivity (Wildman–Crippen MR) is 75.6 cm³/mol. The SMILES string of the molecule is COC(=O)c1ccc2cc3ccnnc3cc2c1.Cl. The lowest BCUT2D eigenvalue weighted by molar-refractivity contribution is 0.0601. The molecule has 4 nitrogen and oxygen atoms in total. The van der Waals surface area contributed by atoms with Crippen LogP contribution in [0, 0.1) is 0 Å². The van der Waals surface area contributed by atoms with Gasteiger partial charge in [0.2, 0.25) is 0 Å². The predicted octanol–water partition coefficient (Wildman–Crippen LogP) is 2.99. The lowest BCUT2D eigenvalue weighted by atomic mass is 10.0. The van der Waals surface area contributed by atoms with Crippen molar-refractivity contribution in [2.24, 2.45) is 0 Å². The van der Waals surface area contributed by atoms with Crippen LogP contribution >= 0.6 is 12.4 Å². The average molecular weight is 275 g/mol. The third-order valence-electron chi connectivity index (χ3n) is 2.89. The number of carbonyl (C=O) groups excluding carboxylic acids is 1. The van der Waals surface area contributed by atoms with E-state index >= 15 is 0 Å². The molecule has 1 heterocycles. The van der Waals surface area contributed by atoms with Crippen molar-refractivity contribution in [1.82, 2.24) is 10.2 Å². The minimum Gasteiger partial charge on any atom is -0.465 e. The second-order valence-electron chi connectivity index (χ2n) is 4.00. The van der Waals surface area contributed by atoms with Crippen LogP contribution in [0.2, 0.25) is 0 Å². The number of ether oxygens (including phenoxy) is 1. The molecule has 3 rings (SSSR count). The molecule has 0 bridgehead atoms. The third-order valence-corrected chi connectivity index (χ3v) is 2.89. The number of carbonyl (C=O) groups is 1. The Labute approximate surface area is 115 Å². The highest BCUT2D eigenvalue weighted by atomic mass is 35.5. The molecule has 0 radical (unpaired) electrons. The van der Waals surface area contributed by atoms with Gasteiger partial charge in [0.25, 0.3) is 0 Å². The third kappa shape index (κ3) is 2.35. The molecular weight excluding hydrogens is 264 g/mol. The van der Waals surface area contributed by atoms with Gasteiger partial charge in [-0.1, -0.05) is 6.07 Å². The molecule has 0 saturated carbocycles. The molecule has 96 valence electrons. The Kier molecular flexibility index (Phi) is 3.62. The van der Waals surface area contributed by atoms with Crippen molar-refractivity contribution in [3.8, 4) is 0 Å². The molecule has 0 aliphatic rings. The normalized spacial score (nSPS) is 10.2. The van der Waals surface area contributed by atoms with Crippen LogP contribution < -0.4 is 0 Å². The fourth-order valence-electron chi connectivity index (χ4n) is 1.98. The van der Waals surface area contributed by atoms with Gasteiger partial charge >= 0.3 is 5.97 Å². The first-order valence-electron chi connectivity index (χ1n) is 5.51. The maximum Gasteiger partial charge on any atom is 0.337 e. The van der Waals surface area contributed by atoms with Crippen molar-refractivity contribution < 1.29 is 9.53 Å². The topological polar surface area (TPSA) is 52.1 Å². The molecule has 0 N–H and O–H groups in total. The summed E-state index contributed by atoms with van der Waals surface area (Å²) in [6, 6.07) is 11.3. The van der Waals surface area contributed by atoms with Crippen LogP contribution in [0.1, 0.15) is 10.4 Å². The van der Waals surface area contributed by atoms with E-state index in [-0.39, 0.29) is 18.4 Å². The number of benzene rings is 2. The van der Waals surface area contributed by atoms with Crippen LogP contribution in [0.3, 0.4) is 0 Å². The number of hydrogen-bond donors (Lipinski definition) is 0. The van der Waals surface area contributed by atoms with Gasteiger partial charge in [-0.25, -0.2) is 4.79 Å². The molecule has 5 heteroatoms. The zero-order chi connectivity index (χ0) is 12.5. The van der Waals surface area contributed by atoms with Gasteiger partial charge < -0.3 is 4.74 Å². The summed E-state index contributed by atoms with van der Waals surface area (Å²) in [5, 5.41) is 11.0. The highest BCUT2D eigenvalue weighted by Crippen LogP contribution is 2.22. The minimum absolute atomic E-state index is 0. The van der Waals surface area contributed by atoms with E-state index in [2.05, 4.69) is 10.2 Å². The molecule has 0 atom stereocenters. The molecule has 19 heavy (non-hydrogen) atoms. The molecule has 0 saturated heterocycles. The van der Waals surface area contributed by atoms with E-state index in [1.54, 1.807) is 18.3 Å². The summed E-state index contributed by atoms with van der Waals surface area (Å²) in [5.41, 5.74) is 1.35. The standard InChI is InChI=1S/C14H10N2O2.ClH/c1-18-14(17)11-3-2-9-6-10-4-5-15-16-13(10)8-12(9)7-11;/h2-8H,1H3;1H. The number of methoxy groups -OCH3 is 1. The number of fused-ring (bicyclic) bond motifs is 2. The second kappa shape index (κ2) is 5.20. The summed E-state index contributed by atoms with van der Waals surface area (Å²) >= 11 is 0. The Morgan fingerprint density at radius 2 is 1.89 bits per heavy atom. The Bertz CT molecular complexity index is 759. The van der Waals surface area contributed by atoms with Crippen LogP contribution in [0.5, 0.6) is 0 Å². The molecule has 0 spiro atoms. The van der Waals surface area contributed by atoms with Crippen LogP contribution in [-0.2, 0) is 4.74 Å². The number of esters is 1. The summed E-state index contributed by atoms with van der Waals surface area (Å²) in [6.07, 6.45) is 1.66. The first-order valence-corrected chi connectivity index (χ1v) is 5.51. The van der Waals surface area contributed by atoms with E-state index in [0.717, 1.165) is 21.7 Å². The van der Waals surface area contributed by atoms with E-state index in [1.807, 2.05) is 24.3 Å². The molecule has 1 aromatic heterocycles. The van der Waals surface area contributed by atoms with E-state index < -0.39 is 0 Å². The van der Waals surface area contributed by atoms with Crippen molar-refractivity contribution in [2.75, 3.05) is 7.11 Å². The quantitative estimate of drug-likeness (QED) is 0.506. The maximum absolute atomic E-state index is 11.5. The molecule has 2 aromatic carbocycles. The summed E-state index contributed by atoms with van der Waals surface area (Å²) in [5.74, 6) is -0.337. The van der Waals surface area contributed by atoms with Crippen molar-refractivity contribution in [3.05, 3.63) is 48.2 Å². The van der Waals surface area contributed by atoms with Crippen LogP contribution in [0.4, 0.5) is 0 Å². The van der Waals surface area contributed by atoms with Gasteiger partial charge in [-0.2, -0.15) is 10.2 Å². The van der Waals surface area contributed by atoms with Gasteiger partial charge in [-0.3, -0.25) is 0 Å². The summed E-state index contributed by atoms with van der Waals surface area (Å²) in [7, 11) is 1.37. The van der Waals surface area contributed by atoms with E-state index in [4.69, 9.17) is 4.74 Å². The summed E-state index contributed by atoms with van der Waals surface area (Å²) in [6.45, 7) is 0. The smallest absolute Gasteiger partial charge is 0.337 e. The molecule has 0 fully saturated rings. The maximum atomic E-state index is 11.5. The molecule has 0 aliphatic carbocycles.